The van der Waals surface area contributed by atoms with Crippen molar-refractivity contribution in [1.82, 2.24) is 10.6 Å². The maximum Gasteiger partial charge on any atom is 0.412 e. The quantitative estimate of drug-likeness (QED) is 0.187. The molecular formula is C32H54N2O4. The maximum absolute atomic E-state index is 12.9. The minimum atomic E-state index is -0.992. The van der Waals surface area contributed by atoms with E-state index in [0.717, 1.165) is 37.7 Å². The fourth-order valence-electron chi connectivity index (χ4n) is 6.40. The molecule has 1 fully saturated rings. The number of nitrogens with one attached hydrogen (secondary N) is 2. The molecule has 2 rings (SSSR count). The van der Waals surface area contributed by atoms with E-state index in [2.05, 4.69) is 57.4 Å². The summed E-state index contributed by atoms with van der Waals surface area (Å²) in [6.45, 7) is 11.4. The average Bonchev–Trinajstić information content (AvgIpc) is 2.82. The number of amides is 2. The molecule has 1 aliphatic rings. The van der Waals surface area contributed by atoms with Crippen LogP contribution in [0, 0.1) is 10.8 Å². The first-order valence-corrected chi connectivity index (χ1v) is 15.1. The Kier molecular flexibility index (Phi) is 13.5. The maximum atomic E-state index is 12.9. The molecule has 0 spiro atoms. The number of rotatable bonds is 16. The van der Waals surface area contributed by atoms with Crippen LogP contribution in [0.2, 0.25) is 0 Å². The van der Waals surface area contributed by atoms with Crippen LogP contribution < -0.4 is 15.4 Å². The third-order valence-electron chi connectivity index (χ3n) is 7.88. The SMILES string of the molecule is CCCCCCCc1ccc(OC(=O)NCC2(C)CC(NC(=O)O)CC(C)(C)C2)c(CCCCCCC)c1. The molecule has 0 aromatic heterocycles. The van der Waals surface area contributed by atoms with Crippen LogP contribution in [-0.2, 0) is 12.8 Å². The fourth-order valence-corrected chi connectivity index (χ4v) is 6.40. The van der Waals surface area contributed by atoms with Crippen LogP contribution >= 0.6 is 0 Å². The van der Waals surface area contributed by atoms with Crippen molar-refractivity contribution in [2.75, 3.05) is 6.54 Å². The number of ether oxygens (including phenoxy) is 1. The summed E-state index contributed by atoms with van der Waals surface area (Å²) in [6.07, 6.45) is 15.3. The molecule has 2 unspecified atom stereocenters. The normalized spacial score (nSPS) is 20.6. The standard InChI is InChI=1S/C32H54N2O4/c1-6-8-10-12-14-16-25-18-19-28(26(20-25)17-15-13-11-9-7-2)38-30(37)33-24-32(5)22-27(34-29(35)36)21-31(3,4)23-32/h18-20,27,34H,6-17,21-24H2,1-5H3,(H,33,37)(H,35,36). The van der Waals surface area contributed by atoms with Crippen molar-refractivity contribution in [3.63, 3.8) is 0 Å². The van der Waals surface area contributed by atoms with Crippen molar-refractivity contribution in [1.29, 1.82) is 0 Å². The lowest BCUT2D eigenvalue weighted by atomic mass is 9.62. The molecule has 2 amide bonds. The zero-order valence-corrected chi connectivity index (χ0v) is 24.8. The number of carboxylic acid groups (broad SMARTS) is 1. The summed E-state index contributed by atoms with van der Waals surface area (Å²) >= 11 is 0. The van der Waals surface area contributed by atoms with Gasteiger partial charge in [0.1, 0.15) is 5.75 Å². The second-order valence-corrected chi connectivity index (χ2v) is 12.7. The van der Waals surface area contributed by atoms with Gasteiger partial charge in [0.05, 0.1) is 0 Å². The molecule has 1 aromatic carbocycles. The molecular weight excluding hydrogens is 476 g/mol. The van der Waals surface area contributed by atoms with Gasteiger partial charge in [-0.25, -0.2) is 9.59 Å². The van der Waals surface area contributed by atoms with Gasteiger partial charge in [0.2, 0.25) is 0 Å². The van der Waals surface area contributed by atoms with Crippen LogP contribution in [0.3, 0.4) is 0 Å². The Morgan fingerprint density at radius 1 is 0.921 bits per heavy atom. The second kappa shape index (κ2) is 16.0. The van der Waals surface area contributed by atoms with Crippen LogP contribution in [0.15, 0.2) is 18.2 Å². The first kappa shape index (κ1) is 32.0. The van der Waals surface area contributed by atoms with E-state index < -0.39 is 12.2 Å². The van der Waals surface area contributed by atoms with Crippen molar-refractivity contribution in [3.05, 3.63) is 29.3 Å². The Hall–Kier alpha value is -2.24. The van der Waals surface area contributed by atoms with E-state index in [4.69, 9.17) is 4.74 Å². The molecule has 0 saturated heterocycles. The van der Waals surface area contributed by atoms with E-state index in [1.54, 1.807) is 0 Å². The highest BCUT2D eigenvalue weighted by molar-refractivity contribution is 5.71. The topological polar surface area (TPSA) is 87.7 Å². The summed E-state index contributed by atoms with van der Waals surface area (Å²) < 4.78 is 5.86. The van der Waals surface area contributed by atoms with E-state index >= 15 is 0 Å². The van der Waals surface area contributed by atoms with E-state index in [0.29, 0.717) is 18.7 Å². The zero-order chi connectivity index (χ0) is 28.0. The summed E-state index contributed by atoms with van der Waals surface area (Å²) in [4.78, 5) is 24.1. The first-order valence-electron chi connectivity index (χ1n) is 15.1. The van der Waals surface area contributed by atoms with E-state index in [1.807, 2.05) is 6.07 Å². The van der Waals surface area contributed by atoms with E-state index in [-0.39, 0.29) is 16.9 Å². The highest BCUT2D eigenvalue weighted by Gasteiger charge is 2.42. The molecule has 1 aromatic rings. The van der Waals surface area contributed by atoms with Gasteiger partial charge in [0.15, 0.2) is 0 Å². The smallest absolute Gasteiger partial charge is 0.412 e. The number of benzene rings is 1. The van der Waals surface area contributed by atoms with Crippen molar-refractivity contribution in [2.24, 2.45) is 10.8 Å². The largest absolute Gasteiger partial charge is 0.465 e. The zero-order valence-electron chi connectivity index (χ0n) is 24.8. The molecule has 1 saturated carbocycles. The van der Waals surface area contributed by atoms with Crippen LogP contribution in [0.4, 0.5) is 9.59 Å². The molecule has 216 valence electrons. The minimum Gasteiger partial charge on any atom is -0.465 e. The molecule has 0 bridgehead atoms. The number of carbonyl (C=O) groups is 2. The van der Waals surface area contributed by atoms with Crippen molar-refractivity contribution in [2.45, 2.75) is 137 Å². The predicted octanol–water partition coefficient (Wildman–Crippen LogP) is 8.65. The molecule has 38 heavy (non-hydrogen) atoms. The van der Waals surface area contributed by atoms with Gasteiger partial charge in [-0.05, 0) is 73.0 Å². The number of carbonyl (C=O) groups excluding carboxylic acids is 1. The molecule has 0 aliphatic heterocycles. The number of hydrogen-bond donors (Lipinski definition) is 3. The van der Waals surface area contributed by atoms with Crippen LogP contribution in [0.1, 0.15) is 129 Å². The van der Waals surface area contributed by atoms with Gasteiger partial charge in [-0.2, -0.15) is 0 Å². The fraction of sp³-hybridized carbons (Fsp3) is 0.750. The van der Waals surface area contributed by atoms with Gasteiger partial charge < -0.3 is 20.5 Å². The van der Waals surface area contributed by atoms with E-state index in [9.17, 15) is 14.7 Å². The summed E-state index contributed by atoms with van der Waals surface area (Å²) in [5.74, 6) is 0.660. The van der Waals surface area contributed by atoms with Gasteiger partial charge in [-0.3, -0.25) is 0 Å². The molecule has 6 heteroatoms. The van der Waals surface area contributed by atoms with Crippen LogP contribution in [0.5, 0.6) is 5.75 Å². The average molecular weight is 531 g/mol. The van der Waals surface area contributed by atoms with Crippen LogP contribution in [0.25, 0.3) is 0 Å². The van der Waals surface area contributed by atoms with Gasteiger partial charge in [0, 0.05) is 12.6 Å². The number of unbranched alkanes of at least 4 members (excludes halogenated alkanes) is 8. The lowest BCUT2D eigenvalue weighted by Gasteiger charge is -2.46. The number of hydrogen-bond acceptors (Lipinski definition) is 3. The van der Waals surface area contributed by atoms with Crippen LogP contribution in [-0.4, -0.2) is 29.9 Å². The predicted molar refractivity (Wildman–Crippen MR) is 156 cm³/mol. The van der Waals surface area contributed by atoms with E-state index in [1.165, 1.54) is 63.4 Å². The number of aryl methyl sites for hydroxylation is 2. The summed E-state index contributed by atoms with van der Waals surface area (Å²) in [7, 11) is 0. The molecule has 0 radical (unpaired) electrons. The minimum absolute atomic E-state index is 0.0109. The lowest BCUT2D eigenvalue weighted by Crippen LogP contribution is -2.50. The summed E-state index contributed by atoms with van der Waals surface area (Å²) in [5, 5.41) is 14.9. The third kappa shape index (κ3) is 12.1. The van der Waals surface area contributed by atoms with Crippen molar-refractivity contribution in [3.8, 4) is 5.75 Å². The van der Waals surface area contributed by atoms with Gasteiger partial charge in [-0.15, -0.1) is 0 Å². The Balaban J connectivity index is 2.00. The second-order valence-electron chi connectivity index (χ2n) is 12.7. The molecule has 1 aliphatic carbocycles. The van der Waals surface area contributed by atoms with Gasteiger partial charge in [-0.1, -0.05) is 98.1 Å². The Labute approximate surface area is 231 Å². The summed E-state index contributed by atoms with van der Waals surface area (Å²) in [5.41, 5.74) is 2.23. The lowest BCUT2D eigenvalue weighted by molar-refractivity contribution is 0.0695. The summed E-state index contributed by atoms with van der Waals surface area (Å²) in [6, 6.07) is 6.21. The van der Waals surface area contributed by atoms with Gasteiger partial charge in [0.25, 0.3) is 0 Å². The Morgan fingerprint density at radius 3 is 2.18 bits per heavy atom. The molecule has 6 nitrogen and oxygen atoms in total. The van der Waals surface area contributed by atoms with Crippen molar-refractivity contribution < 1.29 is 19.4 Å². The Morgan fingerprint density at radius 2 is 1.55 bits per heavy atom. The third-order valence-corrected chi connectivity index (χ3v) is 7.88. The molecule has 0 heterocycles. The van der Waals surface area contributed by atoms with Gasteiger partial charge >= 0.3 is 12.2 Å². The first-order chi connectivity index (χ1) is 18.1. The monoisotopic (exact) mass is 530 g/mol. The highest BCUT2D eigenvalue weighted by Crippen LogP contribution is 2.45. The van der Waals surface area contributed by atoms with Crippen molar-refractivity contribution >= 4 is 12.2 Å². The Bertz CT molecular complexity index is 869. The highest BCUT2D eigenvalue weighted by atomic mass is 16.6. The molecule has 3 N–H and O–H groups in total. The molecule has 2 atom stereocenters.